The van der Waals surface area contributed by atoms with Crippen molar-refractivity contribution in [1.82, 2.24) is 15.4 Å². The van der Waals surface area contributed by atoms with Gasteiger partial charge in [-0.3, -0.25) is 9.89 Å². The molecule has 1 aromatic rings. The first-order valence-corrected chi connectivity index (χ1v) is 4.92. The van der Waals surface area contributed by atoms with Gasteiger partial charge in [-0.2, -0.15) is 5.10 Å². The monoisotopic (exact) mass is 238 g/mol. The van der Waals surface area contributed by atoms with Crippen molar-refractivity contribution >= 4 is 18.2 Å². The number of ether oxygens (including phenoxy) is 1. The van der Waals surface area contributed by atoms with E-state index in [1.54, 1.807) is 6.92 Å². The summed E-state index contributed by atoms with van der Waals surface area (Å²) in [6, 6.07) is 0. The summed E-state index contributed by atoms with van der Waals surface area (Å²) in [7, 11) is 0. The molecule has 2 N–H and O–H groups in total. The molecule has 15 heavy (non-hydrogen) atoms. The van der Waals surface area contributed by atoms with Gasteiger partial charge in [0.05, 0.1) is 12.3 Å². The third-order valence-corrected chi connectivity index (χ3v) is 2.06. The van der Waals surface area contributed by atoms with Gasteiger partial charge in [-0.25, -0.2) is 5.21 Å². The van der Waals surface area contributed by atoms with E-state index in [1.807, 2.05) is 0 Å². The van der Waals surface area contributed by atoms with Crippen LogP contribution in [0.4, 0.5) is 0 Å². The first-order chi connectivity index (χ1) is 6.74. The van der Waals surface area contributed by atoms with Crippen LogP contribution in [0.5, 0.6) is 0 Å². The number of nitrogens with zero attached hydrogens (tertiary/aromatic N) is 1. The van der Waals surface area contributed by atoms with Crippen molar-refractivity contribution in [3.05, 3.63) is 10.3 Å². The second-order valence-electron chi connectivity index (χ2n) is 2.78. The molecule has 78 valence electrons. The average Bonchev–Trinajstić information content (AvgIpc) is 2.52. The van der Waals surface area contributed by atoms with E-state index in [4.69, 9.17) is 17.0 Å². The Balaban J connectivity index is 0.00000196. The summed E-state index contributed by atoms with van der Waals surface area (Å²) in [4.78, 5) is 11.0. The van der Waals surface area contributed by atoms with Crippen LogP contribution in [0.25, 0.3) is 0 Å². The molecule has 0 spiro atoms. The Kier molecular flexibility index (Phi) is 7.95. The van der Waals surface area contributed by atoms with Crippen molar-refractivity contribution < 1.29 is 39.1 Å². The number of hydrogen-bond acceptors (Lipinski definition) is 4. The Labute approximate surface area is 115 Å². The maximum atomic E-state index is 11.0. The van der Waals surface area contributed by atoms with Crippen molar-refractivity contribution in [2.45, 2.75) is 26.2 Å². The molecule has 0 aliphatic carbocycles. The van der Waals surface area contributed by atoms with Gasteiger partial charge in [0.1, 0.15) is 4.64 Å². The van der Waals surface area contributed by atoms with Crippen LogP contribution in [0.15, 0.2) is 0 Å². The Morgan fingerprint density at radius 3 is 2.87 bits per heavy atom. The number of H-pyrrole nitrogens is 2. The Morgan fingerprint density at radius 2 is 2.33 bits per heavy atom. The summed E-state index contributed by atoms with van der Waals surface area (Å²) >= 11 is 4.95. The fraction of sp³-hybridized carbons (Fsp3) is 0.625. The van der Waals surface area contributed by atoms with Gasteiger partial charge >= 0.3 is 35.5 Å². The molecule has 1 heterocycles. The molecular formula is C8H13N3NaO2S+. The molecule has 5 nitrogen and oxygen atoms in total. The fourth-order valence-electron chi connectivity index (χ4n) is 1.07. The maximum Gasteiger partial charge on any atom is 1.00 e. The summed E-state index contributed by atoms with van der Waals surface area (Å²) < 4.78 is 5.40. The first-order valence-electron chi connectivity index (χ1n) is 4.51. The molecule has 0 aromatic carbocycles. The van der Waals surface area contributed by atoms with Crippen LogP contribution in [0, 0.1) is 4.64 Å². The molecule has 1 aromatic heterocycles. The van der Waals surface area contributed by atoms with Crippen LogP contribution in [0.1, 0.15) is 25.5 Å². The standard InChI is InChI=1S/C8H13N3O2S.Na/c1-2-13-7(12)5-3-4-6-8(14)10-11-9-6;/h2-5H2,1H3,(H2,9,10,11,14);/q;+1. The molecule has 7 heteroatoms. The molecule has 0 saturated heterocycles. The zero-order valence-electron chi connectivity index (χ0n) is 9.00. The number of esters is 1. The number of aromatic amines is 2. The van der Waals surface area contributed by atoms with E-state index in [1.165, 1.54) is 0 Å². The average molecular weight is 238 g/mol. The normalized spacial score (nSPS) is 9.40. The largest absolute Gasteiger partial charge is 1.00 e. The summed E-state index contributed by atoms with van der Waals surface area (Å²) in [5.41, 5.74) is 0.796. The maximum absolute atomic E-state index is 11.0. The predicted molar refractivity (Wildman–Crippen MR) is 53.3 cm³/mol. The third-order valence-electron chi connectivity index (χ3n) is 1.72. The number of aryl methyl sites for hydroxylation is 1. The van der Waals surface area contributed by atoms with Crippen LogP contribution < -0.4 is 29.6 Å². The van der Waals surface area contributed by atoms with Crippen LogP contribution in [-0.4, -0.2) is 28.0 Å². The van der Waals surface area contributed by atoms with E-state index in [9.17, 15) is 4.79 Å². The van der Waals surface area contributed by atoms with Gasteiger partial charge in [-0.15, -0.1) is 0 Å². The van der Waals surface area contributed by atoms with E-state index in [-0.39, 0.29) is 35.5 Å². The number of carbonyl (C=O) groups is 1. The zero-order chi connectivity index (χ0) is 10.4. The number of nitrogens with one attached hydrogen (secondary N) is 2. The van der Waals surface area contributed by atoms with Gasteiger partial charge in [-0.05, 0) is 19.8 Å². The number of aromatic nitrogens is 3. The molecule has 1 rings (SSSR count). The quantitative estimate of drug-likeness (QED) is 0.366. The first kappa shape index (κ1) is 14.8. The van der Waals surface area contributed by atoms with Gasteiger partial charge in [0, 0.05) is 6.42 Å². The summed E-state index contributed by atoms with van der Waals surface area (Å²) in [6.07, 6.45) is 1.81. The minimum atomic E-state index is -0.169. The summed E-state index contributed by atoms with van der Waals surface area (Å²) in [5, 5.41) is 9.18. The van der Waals surface area contributed by atoms with E-state index in [2.05, 4.69) is 15.4 Å². The molecule has 0 aliphatic rings. The van der Waals surface area contributed by atoms with Gasteiger partial charge < -0.3 is 4.74 Å². The SMILES string of the molecule is CCOC(=O)CCCc1n[nH][nH]c1=S.[Na+]. The molecular weight excluding hydrogens is 225 g/mol. The Bertz CT molecular complexity index is 350. The van der Waals surface area contributed by atoms with Gasteiger partial charge in [0.15, 0.2) is 0 Å². The van der Waals surface area contributed by atoms with E-state index in [0.717, 1.165) is 5.69 Å². The van der Waals surface area contributed by atoms with Gasteiger partial charge in [0.25, 0.3) is 0 Å². The molecule has 0 fully saturated rings. The predicted octanol–water partition coefficient (Wildman–Crippen LogP) is -1.64. The molecule has 0 saturated carbocycles. The van der Waals surface area contributed by atoms with Crippen LogP contribution in [0.3, 0.4) is 0 Å². The fourth-order valence-corrected chi connectivity index (χ4v) is 1.27. The second-order valence-corrected chi connectivity index (χ2v) is 3.19. The van der Waals surface area contributed by atoms with Crippen molar-refractivity contribution in [3.8, 4) is 0 Å². The van der Waals surface area contributed by atoms with Crippen molar-refractivity contribution in [2.24, 2.45) is 0 Å². The topological polar surface area (TPSA) is 70.8 Å². The molecule has 0 amide bonds. The van der Waals surface area contributed by atoms with Crippen molar-refractivity contribution in [2.75, 3.05) is 6.61 Å². The van der Waals surface area contributed by atoms with Crippen LogP contribution >= 0.6 is 12.2 Å². The number of rotatable bonds is 5. The van der Waals surface area contributed by atoms with Crippen molar-refractivity contribution in [3.63, 3.8) is 0 Å². The van der Waals surface area contributed by atoms with Crippen LogP contribution in [0.2, 0.25) is 0 Å². The van der Waals surface area contributed by atoms with E-state index >= 15 is 0 Å². The molecule has 0 bridgehead atoms. The van der Waals surface area contributed by atoms with Crippen LogP contribution in [-0.2, 0) is 16.0 Å². The van der Waals surface area contributed by atoms with Gasteiger partial charge in [0.2, 0.25) is 0 Å². The minimum absolute atomic E-state index is 0. The third kappa shape index (κ3) is 5.46. The van der Waals surface area contributed by atoms with Gasteiger partial charge in [-0.1, -0.05) is 12.2 Å². The Hall–Kier alpha value is -0.170. The minimum Gasteiger partial charge on any atom is -0.466 e. The molecule has 0 unspecified atom stereocenters. The molecule has 0 aliphatic heterocycles. The summed E-state index contributed by atoms with van der Waals surface area (Å²) in [6.45, 7) is 2.23. The van der Waals surface area contributed by atoms with Crippen molar-refractivity contribution in [1.29, 1.82) is 0 Å². The molecule has 0 atom stereocenters. The molecule has 0 radical (unpaired) electrons. The summed E-state index contributed by atoms with van der Waals surface area (Å²) in [5.74, 6) is -0.169. The van der Waals surface area contributed by atoms with E-state index in [0.29, 0.717) is 30.5 Å². The zero-order valence-corrected chi connectivity index (χ0v) is 11.8. The van der Waals surface area contributed by atoms with E-state index < -0.39 is 0 Å². The number of hydrogen-bond donors (Lipinski definition) is 2. The Morgan fingerprint density at radius 1 is 1.60 bits per heavy atom. The number of carbonyl (C=O) groups excluding carboxylic acids is 1. The smallest absolute Gasteiger partial charge is 0.466 e. The second kappa shape index (κ2) is 8.04.